The van der Waals surface area contributed by atoms with E-state index in [1.807, 2.05) is 42.5 Å². The SMILES string of the molecule is Cc1nc2c(OCC3CCCCC3)cccn2c1C(=O)NC(CCc1ccccc1)C(=O)O. The zero-order valence-electron chi connectivity index (χ0n) is 19.0. The van der Waals surface area contributed by atoms with Gasteiger partial charge in [-0.3, -0.25) is 9.20 Å². The molecule has 1 unspecified atom stereocenters. The molecule has 3 aromatic rings. The van der Waals surface area contributed by atoms with E-state index in [4.69, 9.17) is 4.74 Å². The molecule has 1 fully saturated rings. The summed E-state index contributed by atoms with van der Waals surface area (Å²) < 4.78 is 7.80. The van der Waals surface area contributed by atoms with Gasteiger partial charge in [-0.05, 0) is 56.2 Å². The topological polar surface area (TPSA) is 92.9 Å². The second-order valence-corrected chi connectivity index (χ2v) is 8.82. The van der Waals surface area contributed by atoms with Gasteiger partial charge in [-0.15, -0.1) is 0 Å². The minimum atomic E-state index is -1.05. The van der Waals surface area contributed by atoms with Crippen molar-refractivity contribution in [3.8, 4) is 5.75 Å². The summed E-state index contributed by atoms with van der Waals surface area (Å²) in [7, 11) is 0. The summed E-state index contributed by atoms with van der Waals surface area (Å²) in [5, 5.41) is 12.3. The number of aliphatic carboxylic acids is 1. The Bertz CT molecular complexity index is 1100. The Labute approximate surface area is 193 Å². The van der Waals surface area contributed by atoms with Gasteiger partial charge in [-0.25, -0.2) is 9.78 Å². The van der Waals surface area contributed by atoms with Gasteiger partial charge in [0.25, 0.3) is 5.91 Å². The Morgan fingerprint density at radius 1 is 1.15 bits per heavy atom. The molecule has 174 valence electrons. The number of aromatic nitrogens is 2. The van der Waals surface area contributed by atoms with Crippen LogP contribution in [0, 0.1) is 12.8 Å². The van der Waals surface area contributed by atoms with Gasteiger partial charge < -0.3 is 15.2 Å². The Balaban J connectivity index is 1.48. The molecule has 33 heavy (non-hydrogen) atoms. The predicted molar refractivity (Wildman–Crippen MR) is 126 cm³/mol. The highest BCUT2D eigenvalue weighted by molar-refractivity contribution is 5.97. The number of hydrogen-bond donors (Lipinski definition) is 2. The number of hydrogen-bond acceptors (Lipinski definition) is 4. The number of amides is 1. The van der Waals surface area contributed by atoms with E-state index in [0.29, 0.717) is 48.2 Å². The summed E-state index contributed by atoms with van der Waals surface area (Å²) in [6.45, 7) is 2.40. The monoisotopic (exact) mass is 449 g/mol. The number of imidazole rings is 1. The summed E-state index contributed by atoms with van der Waals surface area (Å²) in [6.07, 6.45) is 8.79. The maximum Gasteiger partial charge on any atom is 0.326 e. The number of carboxylic acids is 1. The zero-order chi connectivity index (χ0) is 23.2. The second-order valence-electron chi connectivity index (χ2n) is 8.82. The third-order valence-corrected chi connectivity index (χ3v) is 6.37. The summed E-state index contributed by atoms with van der Waals surface area (Å²) >= 11 is 0. The number of carboxylic acid groups (broad SMARTS) is 1. The third-order valence-electron chi connectivity index (χ3n) is 6.37. The largest absolute Gasteiger partial charge is 0.489 e. The van der Waals surface area contributed by atoms with Gasteiger partial charge in [-0.2, -0.15) is 0 Å². The second kappa shape index (κ2) is 10.5. The van der Waals surface area contributed by atoms with Crippen LogP contribution < -0.4 is 10.1 Å². The van der Waals surface area contributed by atoms with Crippen LogP contribution in [0.25, 0.3) is 5.65 Å². The van der Waals surface area contributed by atoms with Gasteiger partial charge in [0.05, 0.1) is 12.3 Å². The van der Waals surface area contributed by atoms with Crippen molar-refractivity contribution in [1.82, 2.24) is 14.7 Å². The molecule has 0 saturated heterocycles. The van der Waals surface area contributed by atoms with E-state index >= 15 is 0 Å². The first-order valence-electron chi connectivity index (χ1n) is 11.7. The molecule has 0 spiro atoms. The van der Waals surface area contributed by atoms with Crippen LogP contribution >= 0.6 is 0 Å². The number of fused-ring (bicyclic) bond motifs is 1. The molecule has 1 amide bonds. The van der Waals surface area contributed by atoms with Gasteiger partial charge in [-0.1, -0.05) is 49.6 Å². The van der Waals surface area contributed by atoms with Crippen LogP contribution in [0.15, 0.2) is 48.7 Å². The molecule has 1 atom stereocenters. The van der Waals surface area contributed by atoms with Crippen molar-refractivity contribution in [3.63, 3.8) is 0 Å². The number of carbonyl (C=O) groups excluding carboxylic acids is 1. The van der Waals surface area contributed by atoms with Crippen LogP contribution in [-0.2, 0) is 11.2 Å². The van der Waals surface area contributed by atoms with Crippen molar-refractivity contribution in [2.24, 2.45) is 5.92 Å². The van der Waals surface area contributed by atoms with Crippen molar-refractivity contribution in [2.45, 2.75) is 57.9 Å². The number of benzene rings is 1. The lowest BCUT2D eigenvalue weighted by Gasteiger charge is -2.21. The summed E-state index contributed by atoms with van der Waals surface area (Å²) in [5.41, 5.74) is 2.48. The Morgan fingerprint density at radius 2 is 1.91 bits per heavy atom. The average molecular weight is 450 g/mol. The molecular weight excluding hydrogens is 418 g/mol. The molecule has 1 aliphatic rings. The Kier molecular flexibility index (Phi) is 7.27. The number of nitrogens with one attached hydrogen (secondary N) is 1. The van der Waals surface area contributed by atoms with Gasteiger partial charge >= 0.3 is 5.97 Å². The van der Waals surface area contributed by atoms with Crippen molar-refractivity contribution in [2.75, 3.05) is 6.61 Å². The maximum absolute atomic E-state index is 13.1. The molecule has 0 bridgehead atoms. The van der Waals surface area contributed by atoms with Gasteiger partial charge in [0.2, 0.25) is 0 Å². The Morgan fingerprint density at radius 3 is 2.64 bits per heavy atom. The third kappa shape index (κ3) is 5.53. The lowest BCUT2D eigenvalue weighted by atomic mass is 9.90. The molecule has 2 aromatic heterocycles. The number of carbonyl (C=O) groups is 2. The normalized spacial score (nSPS) is 15.3. The summed E-state index contributed by atoms with van der Waals surface area (Å²) in [6, 6.07) is 12.3. The van der Waals surface area contributed by atoms with Crippen LogP contribution in [0.4, 0.5) is 0 Å². The lowest BCUT2D eigenvalue weighted by molar-refractivity contribution is -0.139. The fourth-order valence-electron chi connectivity index (χ4n) is 4.54. The van der Waals surface area contributed by atoms with Crippen LogP contribution in [0.5, 0.6) is 5.75 Å². The highest BCUT2D eigenvalue weighted by atomic mass is 16.5. The summed E-state index contributed by atoms with van der Waals surface area (Å²) in [4.78, 5) is 29.5. The maximum atomic E-state index is 13.1. The zero-order valence-corrected chi connectivity index (χ0v) is 19.0. The fraction of sp³-hybridized carbons (Fsp3) is 0.423. The predicted octanol–water partition coefficient (Wildman–Crippen LogP) is 4.42. The summed E-state index contributed by atoms with van der Waals surface area (Å²) in [5.74, 6) is -0.310. The molecule has 2 heterocycles. The van der Waals surface area contributed by atoms with Crippen LogP contribution in [0.1, 0.15) is 60.3 Å². The van der Waals surface area contributed by atoms with E-state index in [1.165, 1.54) is 32.1 Å². The molecule has 7 heteroatoms. The van der Waals surface area contributed by atoms with Crippen LogP contribution in [0.2, 0.25) is 0 Å². The van der Waals surface area contributed by atoms with Gasteiger partial charge in [0, 0.05) is 6.20 Å². The van der Waals surface area contributed by atoms with Crippen LogP contribution in [-0.4, -0.2) is 39.0 Å². The molecule has 1 saturated carbocycles. The number of ether oxygens (including phenoxy) is 1. The number of aryl methyl sites for hydroxylation is 2. The molecule has 1 aromatic carbocycles. The van der Waals surface area contributed by atoms with Crippen molar-refractivity contribution >= 4 is 17.5 Å². The van der Waals surface area contributed by atoms with Crippen LogP contribution in [0.3, 0.4) is 0 Å². The highest BCUT2D eigenvalue weighted by Crippen LogP contribution is 2.27. The van der Waals surface area contributed by atoms with Crippen molar-refractivity contribution in [3.05, 3.63) is 65.6 Å². The molecule has 0 aliphatic heterocycles. The van der Waals surface area contributed by atoms with Crippen molar-refractivity contribution < 1.29 is 19.4 Å². The average Bonchev–Trinajstić information content (AvgIpc) is 3.17. The molecular formula is C26H31N3O4. The van der Waals surface area contributed by atoms with Gasteiger partial charge in [0.15, 0.2) is 11.4 Å². The molecule has 2 N–H and O–H groups in total. The number of rotatable bonds is 9. The first kappa shape index (κ1) is 22.8. The minimum Gasteiger partial charge on any atom is -0.489 e. The molecule has 4 rings (SSSR count). The van der Waals surface area contributed by atoms with E-state index in [9.17, 15) is 14.7 Å². The van der Waals surface area contributed by atoms with E-state index < -0.39 is 17.9 Å². The first-order valence-corrected chi connectivity index (χ1v) is 11.7. The standard InChI is InChI=1S/C26H31N3O4/c1-18-23(25(30)28-21(26(31)32)15-14-19-9-4-2-5-10-19)29-16-8-13-22(24(29)27-18)33-17-20-11-6-3-7-12-20/h2,4-5,8-10,13,16,20-21H,3,6-7,11-12,14-15,17H2,1H3,(H,28,30)(H,31,32). The van der Waals surface area contributed by atoms with E-state index in [1.54, 1.807) is 17.5 Å². The number of nitrogens with zero attached hydrogens (tertiary/aromatic N) is 2. The highest BCUT2D eigenvalue weighted by Gasteiger charge is 2.25. The van der Waals surface area contributed by atoms with E-state index in [0.717, 1.165) is 5.56 Å². The first-order chi connectivity index (χ1) is 16.0. The number of pyridine rings is 1. The Hall–Kier alpha value is -3.35. The quantitative estimate of drug-likeness (QED) is 0.505. The van der Waals surface area contributed by atoms with E-state index in [2.05, 4.69) is 10.3 Å². The van der Waals surface area contributed by atoms with Gasteiger partial charge in [0.1, 0.15) is 11.7 Å². The minimum absolute atomic E-state index is 0.302. The molecule has 1 aliphatic carbocycles. The molecule has 7 nitrogen and oxygen atoms in total. The lowest BCUT2D eigenvalue weighted by Crippen LogP contribution is -2.41. The van der Waals surface area contributed by atoms with Crippen molar-refractivity contribution in [1.29, 1.82) is 0 Å². The fourth-order valence-corrected chi connectivity index (χ4v) is 4.54. The smallest absolute Gasteiger partial charge is 0.326 e. The van der Waals surface area contributed by atoms with E-state index in [-0.39, 0.29) is 0 Å². The molecule has 0 radical (unpaired) electrons.